The van der Waals surface area contributed by atoms with Crippen molar-refractivity contribution in [3.05, 3.63) is 40.4 Å². The standard InChI is InChI=1S/C14H18N2O.2CH4.U/c1-9(2)13-15-12-8-6-5-7-11(12)14(17)16(13)10(3)4;;;/h5-10H,1-4H3;2*1H4;. The molecular weight excluding hydrogens is 474 g/mol. The molecule has 4 heteroatoms. The van der Waals surface area contributed by atoms with Gasteiger partial charge < -0.3 is 0 Å². The number of rotatable bonds is 2. The van der Waals surface area contributed by atoms with E-state index in [1.165, 1.54) is 0 Å². The van der Waals surface area contributed by atoms with Crippen LogP contribution in [0.2, 0.25) is 0 Å². The van der Waals surface area contributed by atoms with Crippen molar-refractivity contribution < 1.29 is 31.1 Å². The minimum Gasteiger partial charge on any atom is -0.293 e. The molecule has 2 aromatic rings. The van der Waals surface area contributed by atoms with Crippen molar-refractivity contribution in [3.63, 3.8) is 0 Å². The fourth-order valence-corrected chi connectivity index (χ4v) is 2.07. The smallest absolute Gasteiger partial charge is 0.261 e. The van der Waals surface area contributed by atoms with Gasteiger partial charge in [-0.1, -0.05) is 40.8 Å². The van der Waals surface area contributed by atoms with Gasteiger partial charge in [-0.05, 0) is 26.0 Å². The van der Waals surface area contributed by atoms with Gasteiger partial charge in [0, 0.05) is 43.1 Å². The van der Waals surface area contributed by atoms with E-state index in [9.17, 15) is 4.79 Å². The number of benzene rings is 1. The van der Waals surface area contributed by atoms with Crippen LogP contribution in [0.5, 0.6) is 0 Å². The van der Waals surface area contributed by atoms with Crippen LogP contribution >= 0.6 is 0 Å². The molecule has 0 bridgehead atoms. The Hall–Kier alpha value is -0.588. The zero-order valence-corrected chi connectivity index (χ0v) is 15.4. The first-order valence-corrected chi connectivity index (χ1v) is 6.03. The maximum absolute atomic E-state index is 12.4. The molecule has 0 spiro atoms. The van der Waals surface area contributed by atoms with Crippen LogP contribution in [0.1, 0.15) is 60.3 Å². The van der Waals surface area contributed by atoms with Crippen LogP contribution in [0.3, 0.4) is 0 Å². The van der Waals surface area contributed by atoms with Crippen LogP contribution in [0.4, 0.5) is 0 Å². The molecule has 1 aromatic heterocycles. The summed E-state index contributed by atoms with van der Waals surface area (Å²) in [4.78, 5) is 17.0. The molecule has 0 N–H and O–H groups in total. The van der Waals surface area contributed by atoms with Gasteiger partial charge in [0.15, 0.2) is 0 Å². The number of fused-ring (bicyclic) bond motifs is 1. The maximum Gasteiger partial charge on any atom is 0.261 e. The van der Waals surface area contributed by atoms with Crippen molar-refractivity contribution in [2.24, 2.45) is 0 Å². The second-order valence-electron chi connectivity index (χ2n) is 4.91. The molecule has 2 rings (SSSR count). The largest absolute Gasteiger partial charge is 0.293 e. The van der Waals surface area contributed by atoms with Crippen LogP contribution in [-0.2, 0) is 0 Å². The average molecular weight is 500 g/mol. The van der Waals surface area contributed by atoms with Crippen LogP contribution in [0, 0.1) is 31.1 Å². The molecule has 0 saturated carbocycles. The maximum atomic E-state index is 12.4. The number of hydrogen-bond acceptors (Lipinski definition) is 2. The number of nitrogens with zero attached hydrogens (tertiary/aromatic N) is 2. The monoisotopic (exact) mass is 500 g/mol. The molecule has 0 unspecified atom stereocenters. The summed E-state index contributed by atoms with van der Waals surface area (Å²) in [5.41, 5.74) is 0.854. The summed E-state index contributed by atoms with van der Waals surface area (Å²) in [5.74, 6) is 1.11. The second-order valence-corrected chi connectivity index (χ2v) is 4.91. The van der Waals surface area contributed by atoms with Gasteiger partial charge in [-0.25, -0.2) is 4.98 Å². The van der Waals surface area contributed by atoms with E-state index in [0.717, 1.165) is 11.3 Å². The third-order valence-corrected chi connectivity index (χ3v) is 2.87. The number of hydrogen-bond donors (Lipinski definition) is 0. The quantitative estimate of drug-likeness (QED) is 0.614. The first kappa shape index (κ1) is 21.7. The molecule has 1 heterocycles. The molecule has 1 aromatic carbocycles. The van der Waals surface area contributed by atoms with Crippen LogP contribution in [0.15, 0.2) is 29.1 Å². The molecule has 0 atom stereocenters. The third kappa shape index (κ3) is 3.96. The van der Waals surface area contributed by atoms with Crippen LogP contribution in [-0.4, -0.2) is 9.55 Å². The van der Waals surface area contributed by atoms with E-state index in [2.05, 4.69) is 18.8 Å². The fraction of sp³-hybridized carbons (Fsp3) is 0.500. The van der Waals surface area contributed by atoms with Crippen molar-refractivity contribution in [2.75, 3.05) is 0 Å². The Morgan fingerprint density at radius 2 is 1.60 bits per heavy atom. The molecule has 0 saturated heterocycles. The Kier molecular flexibility index (Phi) is 9.38. The van der Waals surface area contributed by atoms with E-state index in [0.29, 0.717) is 5.39 Å². The minimum absolute atomic E-state index is 0. The molecule has 0 radical (unpaired) electrons. The van der Waals surface area contributed by atoms with Crippen molar-refractivity contribution in [1.29, 1.82) is 0 Å². The van der Waals surface area contributed by atoms with Gasteiger partial charge in [-0.2, -0.15) is 0 Å². The van der Waals surface area contributed by atoms with E-state index < -0.39 is 0 Å². The molecule has 0 fully saturated rings. The van der Waals surface area contributed by atoms with E-state index in [1.54, 1.807) is 4.57 Å². The zero-order chi connectivity index (χ0) is 12.6. The molecule has 0 amide bonds. The second kappa shape index (κ2) is 8.64. The Bertz CT molecular complexity index is 603. The van der Waals surface area contributed by atoms with Gasteiger partial charge in [0.1, 0.15) is 5.82 Å². The summed E-state index contributed by atoms with van der Waals surface area (Å²) in [6.07, 6.45) is 0. The van der Waals surface area contributed by atoms with E-state index >= 15 is 0 Å². The molecule has 20 heavy (non-hydrogen) atoms. The van der Waals surface area contributed by atoms with E-state index in [1.807, 2.05) is 38.1 Å². The summed E-state index contributed by atoms with van der Waals surface area (Å²) in [6, 6.07) is 7.67. The molecular formula is C16H26N2OU. The number of aromatic nitrogens is 2. The van der Waals surface area contributed by atoms with Gasteiger partial charge in [-0.3, -0.25) is 9.36 Å². The van der Waals surface area contributed by atoms with Gasteiger partial charge in [0.05, 0.1) is 10.9 Å². The van der Waals surface area contributed by atoms with E-state index in [4.69, 9.17) is 0 Å². The van der Waals surface area contributed by atoms with Crippen molar-refractivity contribution >= 4 is 10.9 Å². The van der Waals surface area contributed by atoms with Crippen molar-refractivity contribution in [2.45, 2.75) is 54.5 Å². The van der Waals surface area contributed by atoms with Crippen molar-refractivity contribution in [3.8, 4) is 0 Å². The van der Waals surface area contributed by atoms with Gasteiger partial charge in [-0.15, -0.1) is 0 Å². The Morgan fingerprint density at radius 3 is 2.10 bits per heavy atom. The molecule has 0 aliphatic heterocycles. The Labute approximate surface area is 146 Å². The predicted octanol–water partition coefficient (Wildman–Crippen LogP) is 4.37. The van der Waals surface area contributed by atoms with Gasteiger partial charge in [0.2, 0.25) is 0 Å². The topological polar surface area (TPSA) is 34.9 Å². The minimum atomic E-state index is 0. The normalized spacial score (nSPS) is 9.90. The summed E-state index contributed by atoms with van der Waals surface area (Å²) < 4.78 is 1.80. The molecule has 110 valence electrons. The fourth-order valence-electron chi connectivity index (χ4n) is 2.07. The van der Waals surface area contributed by atoms with E-state index in [-0.39, 0.29) is 63.5 Å². The SMILES string of the molecule is C.C.CC(C)c1nc2ccccc2c(=O)n1C(C)C.[U]. The van der Waals surface area contributed by atoms with Gasteiger partial charge in [0.25, 0.3) is 5.56 Å². The number of para-hydroxylation sites is 1. The van der Waals surface area contributed by atoms with Gasteiger partial charge >= 0.3 is 0 Å². The molecule has 0 aliphatic carbocycles. The summed E-state index contributed by atoms with van der Waals surface area (Å²) in [7, 11) is 0. The van der Waals surface area contributed by atoms with Crippen LogP contribution < -0.4 is 5.56 Å². The first-order valence-electron chi connectivity index (χ1n) is 6.03. The summed E-state index contributed by atoms with van der Waals surface area (Å²) in [6.45, 7) is 8.16. The molecule has 0 aliphatic rings. The predicted molar refractivity (Wildman–Crippen MR) is 83.9 cm³/mol. The third-order valence-electron chi connectivity index (χ3n) is 2.87. The zero-order valence-electron chi connectivity index (χ0n) is 11.3. The Morgan fingerprint density at radius 1 is 1.05 bits per heavy atom. The average Bonchev–Trinajstić information content (AvgIpc) is 2.28. The molecule has 3 nitrogen and oxygen atoms in total. The summed E-state index contributed by atoms with van der Waals surface area (Å²) >= 11 is 0. The summed E-state index contributed by atoms with van der Waals surface area (Å²) in [5, 5.41) is 0.700. The van der Waals surface area contributed by atoms with Crippen molar-refractivity contribution in [1.82, 2.24) is 9.55 Å². The first-order chi connectivity index (χ1) is 8.02. The van der Waals surface area contributed by atoms with Crippen LogP contribution in [0.25, 0.3) is 10.9 Å². The Balaban J connectivity index is 0.